The van der Waals surface area contributed by atoms with E-state index in [2.05, 4.69) is 5.32 Å². The predicted molar refractivity (Wildman–Crippen MR) is 93.1 cm³/mol. The molecule has 0 aliphatic heterocycles. The summed E-state index contributed by atoms with van der Waals surface area (Å²) < 4.78 is 0. The summed E-state index contributed by atoms with van der Waals surface area (Å²) in [6, 6.07) is 13.8. The Hall–Kier alpha value is -1.78. The number of thioether (sulfide) groups is 1. The molecule has 0 aliphatic carbocycles. The first-order chi connectivity index (χ1) is 10.6. The Balaban J connectivity index is 1.85. The van der Waals surface area contributed by atoms with Gasteiger partial charge in [0.2, 0.25) is 5.91 Å². The predicted octanol–water partition coefficient (Wildman–Crippen LogP) is 3.67. The van der Waals surface area contributed by atoms with E-state index in [1.54, 1.807) is 11.8 Å². The van der Waals surface area contributed by atoms with Gasteiger partial charge in [0, 0.05) is 11.4 Å². The lowest BCUT2D eigenvalue weighted by Crippen LogP contribution is -2.15. The van der Waals surface area contributed by atoms with Crippen LogP contribution in [0.3, 0.4) is 0 Å². The van der Waals surface area contributed by atoms with Crippen LogP contribution >= 0.6 is 11.8 Å². The lowest BCUT2D eigenvalue weighted by Gasteiger charge is -2.11. The average Bonchev–Trinajstić information content (AvgIpc) is 2.51. The molecule has 0 heterocycles. The van der Waals surface area contributed by atoms with Gasteiger partial charge in [0.25, 0.3) is 0 Å². The van der Waals surface area contributed by atoms with Crippen LogP contribution < -0.4 is 5.32 Å². The molecule has 0 spiro atoms. The largest absolute Gasteiger partial charge is 0.392 e. The first kappa shape index (κ1) is 16.6. The van der Waals surface area contributed by atoms with Crippen LogP contribution in [0.15, 0.2) is 42.5 Å². The summed E-state index contributed by atoms with van der Waals surface area (Å²) in [6.07, 6.45) is 0. The van der Waals surface area contributed by atoms with Crippen LogP contribution in [-0.4, -0.2) is 16.8 Å². The summed E-state index contributed by atoms with van der Waals surface area (Å²) in [4.78, 5) is 12.1. The van der Waals surface area contributed by atoms with Crippen LogP contribution in [0, 0.1) is 13.8 Å². The summed E-state index contributed by atoms with van der Waals surface area (Å²) in [5.74, 6) is 1.19. The van der Waals surface area contributed by atoms with Gasteiger partial charge in [-0.2, -0.15) is 0 Å². The molecule has 2 aromatic rings. The van der Waals surface area contributed by atoms with Crippen LogP contribution in [0.5, 0.6) is 0 Å². The molecule has 0 aromatic heterocycles. The molecule has 2 rings (SSSR count). The summed E-state index contributed by atoms with van der Waals surface area (Å²) in [6.45, 7) is 4.04. The van der Waals surface area contributed by atoms with E-state index in [1.165, 1.54) is 0 Å². The number of benzene rings is 2. The average molecular weight is 315 g/mol. The number of aliphatic hydroxyl groups is 1. The maximum absolute atomic E-state index is 12.1. The van der Waals surface area contributed by atoms with Crippen LogP contribution in [0.2, 0.25) is 0 Å². The van der Waals surface area contributed by atoms with Gasteiger partial charge in [-0.25, -0.2) is 0 Å². The van der Waals surface area contributed by atoms with Gasteiger partial charge >= 0.3 is 0 Å². The van der Waals surface area contributed by atoms with E-state index in [9.17, 15) is 4.79 Å². The second-order valence-corrected chi connectivity index (χ2v) is 6.27. The van der Waals surface area contributed by atoms with Gasteiger partial charge in [-0.15, -0.1) is 11.8 Å². The number of carbonyl (C=O) groups excluding carboxylic acids is 1. The Bertz CT molecular complexity index is 635. The summed E-state index contributed by atoms with van der Waals surface area (Å²) >= 11 is 1.57. The third kappa shape index (κ3) is 4.61. The molecular weight excluding hydrogens is 294 g/mol. The summed E-state index contributed by atoms with van der Waals surface area (Å²) in [5.41, 5.74) is 5.09. The van der Waals surface area contributed by atoms with Gasteiger partial charge < -0.3 is 10.4 Å². The first-order valence-electron chi connectivity index (χ1n) is 7.22. The lowest BCUT2D eigenvalue weighted by atomic mass is 10.1. The normalized spacial score (nSPS) is 10.5. The van der Waals surface area contributed by atoms with Crippen molar-refractivity contribution in [1.82, 2.24) is 0 Å². The molecular formula is C18H21NO2S. The number of aryl methyl sites for hydroxylation is 2. The van der Waals surface area contributed by atoms with Gasteiger partial charge in [0.15, 0.2) is 0 Å². The molecule has 22 heavy (non-hydrogen) atoms. The Kier molecular flexibility index (Phi) is 6.04. The van der Waals surface area contributed by atoms with Gasteiger partial charge in [0.05, 0.1) is 12.4 Å². The van der Waals surface area contributed by atoms with Crippen LogP contribution in [0.1, 0.15) is 22.3 Å². The topological polar surface area (TPSA) is 49.3 Å². The number of rotatable bonds is 6. The molecule has 2 aromatic carbocycles. The fourth-order valence-corrected chi connectivity index (χ4v) is 3.04. The lowest BCUT2D eigenvalue weighted by molar-refractivity contribution is -0.113. The van der Waals surface area contributed by atoms with Crippen molar-refractivity contribution in [2.24, 2.45) is 0 Å². The molecule has 4 heteroatoms. The molecule has 116 valence electrons. The van der Waals surface area contributed by atoms with Crippen molar-refractivity contribution in [1.29, 1.82) is 0 Å². The maximum Gasteiger partial charge on any atom is 0.234 e. The second-order valence-electron chi connectivity index (χ2n) is 5.29. The molecule has 0 fully saturated rings. The molecule has 3 nitrogen and oxygen atoms in total. The molecule has 0 saturated heterocycles. The van der Waals surface area contributed by atoms with E-state index in [4.69, 9.17) is 5.11 Å². The van der Waals surface area contributed by atoms with Gasteiger partial charge in [-0.3, -0.25) is 4.79 Å². The molecule has 0 saturated carbocycles. The highest BCUT2D eigenvalue weighted by Crippen LogP contribution is 2.20. The monoisotopic (exact) mass is 315 g/mol. The standard InChI is InChI=1S/C18H21NO2S/c1-13-5-3-6-14(2)18(13)19-17(21)12-22-11-16-8-4-7-15(9-16)10-20/h3-9,20H,10-12H2,1-2H3,(H,19,21). The van der Waals surface area contributed by atoms with Crippen LogP contribution in [0.4, 0.5) is 5.69 Å². The molecule has 0 aliphatic rings. The van der Waals surface area contributed by atoms with Crippen LogP contribution in [-0.2, 0) is 17.2 Å². The van der Waals surface area contributed by atoms with Crippen LogP contribution in [0.25, 0.3) is 0 Å². The van der Waals surface area contributed by atoms with E-state index in [-0.39, 0.29) is 12.5 Å². The van der Waals surface area contributed by atoms with E-state index in [0.29, 0.717) is 5.75 Å². The number of aliphatic hydroxyl groups excluding tert-OH is 1. The van der Waals surface area contributed by atoms with Crippen molar-refractivity contribution in [3.8, 4) is 0 Å². The number of hydrogen-bond acceptors (Lipinski definition) is 3. The fraction of sp³-hybridized carbons (Fsp3) is 0.278. The number of carbonyl (C=O) groups is 1. The Morgan fingerprint density at radius 3 is 2.41 bits per heavy atom. The number of anilines is 1. The zero-order chi connectivity index (χ0) is 15.9. The molecule has 0 bridgehead atoms. The minimum atomic E-state index is 0.0145. The van der Waals surface area contributed by atoms with Gasteiger partial charge in [0.1, 0.15) is 0 Å². The van der Waals surface area contributed by atoms with Crippen molar-refractivity contribution in [2.45, 2.75) is 26.2 Å². The van der Waals surface area contributed by atoms with Crippen molar-refractivity contribution >= 4 is 23.4 Å². The third-order valence-corrected chi connectivity index (χ3v) is 4.43. The molecule has 1 amide bonds. The van der Waals surface area contributed by atoms with E-state index in [1.807, 2.05) is 56.3 Å². The fourth-order valence-electron chi connectivity index (χ4n) is 2.27. The number of nitrogens with one attached hydrogen (secondary N) is 1. The molecule has 0 radical (unpaired) electrons. The van der Waals surface area contributed by atoms with E-state index < -0.39 is 0 Å². The second kappa shape index (κ2) is 8.01. The first-order valence-corrected chi connectivity index (χ1v) is 8.38. The Morgan fingerprint density at radius 2 is 1.73 bits per heavy atom. The molecule has 0 unspecified atom stereocenters. The van der Waals surface area contributed by atoms with Gasteiger partial charge in [-0.1, -0.05) is 42.5 Å². The molecule has 0 atom stereocenters. The number of hydrogen-bond donors (Lipinski definition) is 2. The highest BCUT2D eigenvalue weighted by Gasteiger charge is 2.07. The quantitative estimate of drug-likeness (QED) is 0.855. The summed E-state index contributed by atoms with van der Waals surface area (Å²) in [7, 11) is 0. The van der Waals surface area contributed by atoms with Gasteiger partial charge in [-0.05, 0) is 36.1 Å². The van der Waals surface area contributed by atoms with Crippen molar-refractivity contribution in [2.75, 3.05) is 11.1 Å². The van der Waals surface area contributed by atoms with Crippen molar-refractivity contribution in [3.05, 3.63) is 64.7 Å². The minimum Gasteiger partial charge on any atom is -0.392 e. The zero-order valence-electron chi connectivity index (χ0n) is 12.9. The summed E-state index contributed by atoms with van der Waals surface area (Å²) in [5, 5.41) is 12.1. The van der Waals surface area contributed by atoms with Crippen molar-refractivity contribution in [3.63, 3.8) is 0 Å². The van der Waals surface area contributed by atoms with Crippen molar-refractivity contribution < 1.29 is 9.90 Å². The number of para-hydroxylation sites is 1. The zero-order valence-corrected chi connectivity index (χ0v) is 13.7. The Morgan fingerprint density at radius 1 is 1.09 bits per heavy atom. The smallest absolute Gasteiger partial charge is 0.234 e. The minimum absolute atomic E-state index is 0.0145. The van der Waals surface area contributed by atoms with E-state index in [0.717, 1.165) is 33.7 Å². The Labute approximate surface area is 135 Å². The third-order valence-electron chi connectivity index (χ3n) is 3.42. The highest BCUT2D eigenvalue weighted by atomic mass is 32.2. The van der Waals surface area contributed by atoms with E-state index >= 15 is 0 Å². The number of amides is 1. The SMILES string of the molecule is Cc1cccc(C)c1NC(=O)CSCc1cccc(CO)c1. The molecule has 2 N–H and O–H groups in total. The highest BCUT2D eigenvalue weighted by molar-refractivity contribution is 7.99. The maximum atomic E-state index is 12.1.